The van der Waals surface area contributed by atoms with Crippen molar-refractivity contribution in [2.45, 2.75) is 26.3 Å². The normalized spacial score (nSPS) is 14.8. The minimum absolute atomic E-state index is 0.0835. The fourth-order valence-corrected chi connectivity index (χ4v) is 3.75. The molecule has 5 nitrogen and oxygen atoms in total. The van der Waals surface area contributed by atoms with E-state index in [4.69, 9.17) is 0 Å². The number of pyridine rings is 1. The van der Waals surface area contributed by atoms with Gasteiger partial charge in [-0.2, -0.15) is 0 Å². The highest BCUT2D eigenvalue weighted by atomic mass is 16.1. The van der Waals surface area contributed by atoms with Crippen molar-refractivity contribution in [3.8, 4) is 5.69 Å². The summed E-state index contributed by atoms with van der Waals surface area (Å²) in [5, 5.41) is 3.10. The first-order valence-corrected chi connectivity index (χ1v) is 9.87. The van der Waals surface area contributed by atoms with Crippen LogP contribution in [0, 0.1) is 12.8 Å². The molecule has 144 valence electrons. The summed E-state index contributed by atoms with van der Waals surface area (Å²) in [5.41, 5.74) is 3.42. The maximum atomic E-state index is 12.5. The van der Waals surface area contributed by atoms with Gasteiger partial charge in [-0.25, -0.2) is 4.98 Å². The molecule has 0 aliphatic carbocycles. The van der Waals surface area contributed by atoms with Gasteiger partial charge in [-0.1, -0.05) is 29.8 Å². The molecule has 0 unspecified atom stereocenters. The molecule has 0 bridgehead atoms. The topological polar surface area (TPSA) is 50.2 Å². The lowest BCUT2D eigenvalue weighted by Gasteiger charge is -2.32. The quantitative estimate of drug-likeness (QED) is 0.741. The maximum absolute atomic E-state index is 12.5. The Morgan fingerprint density at radius 3 is 2.57 bits per heavy atom. The zero-order chi connectivity index (χ0) is 19.3. The molecule has 1 saturated heterocycles. The van der Waals surface area contributed by atoms with E-state index in [0.717, 1.165) is 43.0 Å². The highest BCUT2D eigenvalue weighted by molar-refractivity contribution is 5.79. The molecule has 0 saturated carbocycles. The molecule has 1 fully saturated rings. The van der Waals surface area contributed by atoms with E-state index < -0.39 is 0 Å². The highest BCUT2D eigenvalue weighted by Gasteiger charge is 2.25. The number of carbonyl (C=O) groups is 1. The number of benzene rings is 1. The van der Waals surface area contributed by atoms with Crippen LogP contribution < -0.4 is 10.2 Å². The van der Waals surface area contributed by atoms with E-state index in [2.05, 4.69) is 52.5 Å². The van der Waals surface area contributed by atoms with Crippen LogP contribution in [0.25, 0.3) is 5.69 Å². The second kappa shape index (κ2) is 8.30. The maximum Gasteiger partial charge on any atom is 0.223 e. The average Bonchev–Trinajstić information content (AvgIpc) is 3.27. The van der Waals surface area contributed by atoms with Crippen LogP contribution >= 0.6 is 0 Å². The second-order valence-electron chi connectivity index (χ2n) is 7.43. The van der Waals surface area contributed by atoms with E-state index in [1.54, 1.807) is 0 Å². The van der Waals surface area contributed by atoms with E-state index >= 15 is 0 Å². The number of anilines is 1. The molecule has 1 aliphatic heterocycles. The number of rotatable bonds is 5. The monoisotopic (exact) mass is 374 g/mol. The van der Waals surface area contributed by atoms with E-state index in [0.29, 0.717) is 6.54 Å². The van der Waals surface area contributed by atoms with Crippen LogP contribution in [0.3, 0.4) is 0 Å². The fraction of sp³-hybridized carbons (Fsp3) is 0.304. The van der Waals surface area contributed by atoms with Gasteiger partial charge in [0.15, 0.2) is 0 Å². The molecule has 2 aromatic heterocycles. The Kier molecular flexibility index (Phi) is 5.42. The summed E-state index contributed by atoms with van der Waals surface area (Å²) in [4.78, 5) is 19.4. The summed E-state index contributed by atoms with van der Waals surface area (Å²) < 4.78 is 2.04. The molecule has 1 aromatic carbocycles. The molecule has 4 rings (SSSR count). The van der Waals surface area contributed by atoms with Crippen LogP contribution in [0.15, 0.2) is 67.1 Å². The van der Waals surface area contributed by atoms with Crippen molar-refractivity contribution in [1.82, 2.24) is 14.9 Å². The van der Waals surface area contributed by atoms with Gasteiger partial charge in [0.2, 0.25) is 5.91 Å². The van der Waals surface area contributed by atoms with Crippen LogP contribution in [-0.4, -0.2) is 28.5 Å². The molecule has 3 heterocycles. The zero-order valence-corrected chi connectivity index (χ0v) is 16.2. The molecule has 28 heavy (non-hydrogen) atoms. The molecule has 3 aromatic rings. The SMILES string of the molecule is Cc1cccc(CNC(=O)C2CCN(c3ccc(-n4cccc4)cn3)CC2)c1. The number of hydrogen-bond acceptors (Lipinski definition) is 3. The molecule has 1 aliphatic rings. The number of nitrogens with one attached hydrogen (secondary N) is 1. The van der Waals surface area contributed by atoms with Gasteiger partial charge in [-0.15, -0.1) is 0 Å². The summed E-state index contributed by atoms with van der Waals surface area (Å²) in [6.45, 7) is 4.39. The van der Waals surface area contributed by atoms with Gasteiger partial charge in [0, 0.05) is 37.9 Å². The molecular weight excluding hydrogens is 348 g/mol. The zero-order valence-electron chi connectivity index (χ0n) is 16.2. The number of nitrogens with zero attached hydrogens (tertiary/aromatic N) is 3. The third-order valence-corrected chi connectivity index (χ3v) is 5.37. The lowest BCUT2D eigenvalue weighted by atomic mass is 9.95. The third kappa shape index (κ3) is 4.25. The summed E-state index contributed by atoms with van der Waals surface area (Å²) >= 11 is 0. The lowest BCUT2D eigenvalue weighted by molar-refractivity contribution is -0.125. The summed E-state index contributed by atoms with van der Waals surface area (Å²) in [6.07, 6.45) is 7.65. The summed E-state index contributed by atoms with van der Waals surface area (Å²) in [7, 11) is 0. The molecule has 0 radical (unpaired) electrons. The minimum Gasteiger partial charge on any atom is -0.357 e. The predicted octanol–water partition coefficient (Wildman–Crippen LogP) is 3.71. The first-order valence-electron chi connectivity index (χ1n) is 9.87. The van der Waals surface area contributed by atoms with Gasteiger partial charge in [0.05, 0.1) is 11.9 Å². The van der Waals surface area contributed by atoms with E-state index in [9.17, 15) is 4.79 Å². The summed E-state index contributed by atoms with van der Waals surface area (Å²) in [6, 6.07) is 16.4. The van der Waals surface area contributed by atoms with Crippen molar-refractivity contribution < 1.29 is 4.79 Å². The molecule has 0 spiro atoms. The van der Waals surface area contributed by atoms with Crippen molar-refractivity contribution in [3.63, 3.8) is 0 Å². The van der Waals surface area contributed by atoms with Crippen molar-refractivity contribution >= 4 is 11.7 Å². The number of hydrogen-bond donors (Lipinski definition) is 1. The number of carbonyl (C=O) groups excluding carboxylic acids is 1. The Balaban J connectivity index is 1.28. The lowest BCUT2D eigenvalue weighted by Crippen LogP contribution is -2.40. The van der Waals surface area contributed by atoms with Crippen molar-refractivity contribution in [3.05, 3.63) is 78.2 Å². The summed E-state index contributed by atoms with van der Waals surface area (Å²) in [5.74, 6) is 1.23. The predicted molar refractivity (Wildman–Crippen MR) is 112 cm³/mol. The van der Waals surface area contributed by atoms with Crippen molar-refractivity contribution in [2.24, 2.45) is 5.92 Å². The first kappa shape index (κ1) is 18.3. The Hall–Kier alpha value is -3.08. The second-order valence-corrected chi connectivity index (χ2v) is 7.43. The van der Waals surface area contributed by atoms with Gasteiger partial charge in [-0.05, 0) is 49.6 Å². The minimum atomic E-state index is 0.0835. The van der Waals surface area contributed by atoms with Crippen molar-refractivity contribution in [1.29, 1.82) is 0 Å². The van der Waals surface area contributed by atoms with Crippen LogP contribution in [0.1, 0.15) is 24.0 Å². The Labute approximate surface area is 166 Å². The smallest absolute Gasteiger partial charge is 0.223 e. The van der Waals surface area contributed by atoms with E-state index in [-0.39, 0.29) is 11.8 Å². The van der Waals surface area contributed by atoms with Crippen LogP contribution in [0.4, 0.5) is 5.82 Å². The molecule has 1 amide bonds. The van der Waals surface area contributed by atoms with Gasteiger partial charge in [0.25, 0.3) is 0 Å². The number of amides is 1. The number of aryl methyl sites for hydroxylation is 1. The van der Waals surface area contributed by atoms with Crippen molar-refractivity contribution in [2.75, 3.05) is 18.0 Å². The van der Waals surface area contributed by atoms with Crippen LogP contribution in [-0.2, 0) is 11.3 Å². The van der Waals surface area contributed by atoms with Crippen LogP contribution in [0.2, 0.25) is 0 Å². The number of piperidine rings is 1. The largest absolute Gasteiger partial charge is 0.357 e. The number of aromatic nitrogens is 2. The van der Waals surface area contributed by atoms with Gasteiger partial charge >= 0.3 is 0 Å². The van der Waals surface area contributed by atoms with Gasteiger partial charge < -0.3 is 14.8 Å². The van der Waals surface area contributed by atoms with Gasteiger partial charge in [-0.3, -0.25) is 4.79 Å². The third-order valence-electron chi connectivity index (χ3n) is 5.37. The Bertz CT molecular complexity index is 910. The Morgan fingerprint density at radius 1 is 1.11 bits per heavy atom. The standard InChI is InChI=1S/C23H26N4O/c1-18-5-4-6-19(15-18)16-25-23(28)20-9-13-27(14-10-20)22-8-7-21(17-24-22)26-11-2-3-12-26/h2-8,11-12,15,17,20H,9-10,13-14,16H2,1H3,(H,25,28). The highest BCUT2D eigenvalue weighted by Crippen LogP contribution is 2.23. The van der Waals surface area contributed by atoms with Crippen LogP contribution in [0.5, 0.6) is 0 Å². The molecular formula is C23H26N4O. The van der Waals surface area contributed by atoms with Gasteiger partial charge in [0.1, 0.15) is 5.82 Å². The average molecular weight is 374 g/mol. The first-order chi connectivity index (χ1) is 13.7. The molecule has 5 heteroatoms. The molecule has 1 N–H and O–H groups in total. The fourth-order valence-electron chi connectivity index (χ4n) is 3.75. The Morgan fingerprint density at radius 2 is 1.89 bits per heavy atom. The molecule has 0 atom stereocenters. The van der Waals surface area contributed by atoms with E-state index in [1.165, 1.54) is 5.56 Å². The van der Waals surface area contributed by atoms with E-state index in [1.807, 2.05) is 41.4 Å².